The first kappa shape index (κ1) is 19.1. The molecular formula is C21H28N4O3. The SMILES string of the molecule is CC1(C)CNC(CNCc2ccc3c(c2)CN(C2CCC(=O)NC2=O)C3=O)C1. The average molecular weight is 384 g/mol. The molecule has 2 saturated heterocycles. The van der Waals surface area contributed by atoms with Crippen LogP contribution in [0.25, 0.3) is 0 Å². The fourth-order valence-electron chi connectivity index (χ4n) is 4.50. The molecule has 0 saturated carbocycles. The molecule has 1 aromatic rings. The maximum atomic E-state index is 12.7. The van der Waals surface area contributed by atoms with Crippen molar-refractivity contribution < 1.29 is 14.4 Å². The summed E-state index contributed by atoms with van der Waals surface area (Å²) in [5.74, 6) is -0.758. The largest absolute Gasteiger partial charge is 0.322 e. The summed E-state index contributed by atoms with van der Waals surface area (Å²) in [5.41, 5.74) is 3.11. The standard InChI is InChI=1S/C21H28N4O3/c1-21(2)8-15(23-12-21)10-22-9-13-3-4-16-14(7-13)11-25(20(16)28)17-5-6-18(26)24-19(17)27/h3-4,7,15,17,22-23H,5-6,8-12H2,1-2H3,(H,24,26,27). The van der Waals surface area contributed by atoms with E-state index in [0.29, 0.717) is 30.0 Å². The third kappa shape index (κ3) is 3.82. The van der Waals surface area contributed by atoms with Crippen molar-refractivity contribution in [3.63, 3.8) is 0 Å². The molecule has 3 amide bonds. The minimum atomic E-state index is -0.559. The van der Waals surface area contributed by atoms with Gasteiger partial charge in [-0.1, -0.05) is 26.0 Å². The number of amides is 3. The van der Waals surface area contributed by atoms with Gasteiger partial charge in [0.1, 0.15) is 6.04 Å². The molecule has 3 aliphatic rings. The lowest BCUT2D eigenvalue weighted by atomic mass is 9.91. The quantitative estimate of drug-likeness (QED) is 0.657. The lowest BCUT2D eigenvalue weighted by molar-refractivity contribution is -0.136. The lowest BCUT2D eigenvalue weighted by Gasteiger charge is -2.29. The van der Waals surface area contributed by atoms with Gasteiger partial charge in [-0.05, 0) is 35.4 Å². The van der Waals surface area contributed by atoms with Crippen LogP contribution >= 0.6 is 0 Å². The van der Waals surface area contributed by atoms with E-state index in [9.17, 15) is 14.4 Å². The van der Waals surface area contributed by atoms with Crippen LogP contribution in [0.1, 0.15) is 54.6 Å². The molecule has 3 N–H and O–H groups in total. The Morgan fingerprint density at radius 3 is 2.79 bits per heavy atom. The van der Waals surface area contributed by atoms with Gasteiger partial charge in [0.05, 0.1) is 0 Å². The van der Waals surface area contributed by atoms with Crippen LogP contribution in [0, 0.1) is 5.41 Å². The lowest BCUT2D eigenvalue weighted by Crippen LogP contribution is -2.52. The Labute approximate surface area is 165 Å². The molecule has 0 bridgehead atoms. The maximum Gasteiger partial charge on any atom is 0.255 e. The highest BCUT2D eigenvalue weighted by molar-refractivity contribution is 6.05. The van der Waals surface area contributed by atoms with Crippen molar-refractivity contribution in [2.45, 2.75) is 58.3 Å². The van der Waals surface area contributed by atoms with Gasteiger partial charge in [0.25, 0.3) is 5.91 Å². The highest BCUT2D eigenvalue weighted by Crippen LogP contribution is 2.29. The Kier molecular flexibility index (Phi) is 4.97. The fraction of sp³-hybridized carbons (Fsp3) is 0.571. The topological polar surface area (TPSA) is 90.5 Å². The first-order valence-corrected chi connectivity index (χ1v) is 10.0. The van der Waals surface area contributed by atoms with Gasteiger partial charge in [0.15, 0.2) is 0 Å². The molecule has 2 unspecified atom stereocenters. The molecule has 7 nitrogen and oxygen atoms in total. The van der Waals surface area contributed by atoms with Gasteiger partial charge in [0, 0.05) is 44.2 Å². The van der Waals surface area contributed by atoms with E-state index in [4.69, 9.17) is 0 Å². The molecule has 3 heterocycles. The van der Waals surface area contributed by atoms with Crippen molar-refractivity contribution in [3.05, 3.63) is 34.9 Å². The van der Waals surface area contributed by atoms with Crippen LogP contribution in [0.15, 0.2) is 18.2 Å². The molecule has 0 aromatic heterocycles. The van der Waals surface area contributed by atoms with Crippen LogP contribution in [-0.2, 0) is 22.7 Å². The molecule has 2 fully saturated rings. The normalized spacial score (nSPS) is 26.5. The third-order valence-electron chi connectivity index (χ3n) is 5.98. The minimum absolute atomic E-state index is 0.124. The van der Waals surface area contributed by atoms with Crippen LogP contribution in [0.3, 0.4) is 0 Å². The number of hydrogen-bond donors (Lipinski definition) is 3. The Balaban J connectivity index is 1.36. The predicted octanol–water partition coefficient (Wildman–Crippen LogP) is 0.925. The zero-order valence-electron chi connectivity index (χ0n) is 16.5. The zero-order chi connectivity index (χ0) is 19.9. The number of piperidine rings is 1. The summed E-state index contributed by atoms with van der Waals surface area (Å²) in [4.78, 5) is 37.8. The number of hydrogen-bond acceptors (Lipinski definition) is 5. The van der Waals surface area contributed by atoms with Crippen LogP contribution in [0.2, 0.25) is 0 Å². The summed E-state index contributed by atoms with van der Waals surface area (Å²) in [6, 6.07) is 5.82. The van der Waals surface area contributed by atoms with E-state index in [1.54, 1.807) is 4.90 Å². The van der Waals surface area contributed by atoms with E-state index in [1.807, 2.05) is 12.1 Å². The van der Waals surface area contributed by atoms with Crippen molar-refractivity contribution in [2.75, 3.05) is 13.1 Å². The molecule has 1 aromatic carbocycles. The second-order valence-corrected chi connectivity index (χ2v) is 8.97. The highest BCUT2D eigenvalue weighted by Gasteiger charge is 2.39. The minimum Gasteiger partial charge on any atom is -0.322 e. The fourth-order valence-corrected chi connectivity index (χ4v) is 4.50. The van der Waals surface area contributed by atoms with Gasteiger partial charge in [-0.25, -0.2) is 0 Å². The number of fused-ring (bicyclic) bond motifs is 1. The van der Waals surface area contributed by atoms with E-state index < -0.39 is 6.04 Å². The molecule has 0 spiro atoms. The summed E-state index contributed by atoms with van der Waals surface area (Å²) in [5, 5.41) is 9.40. The molecular weight excluding hydrogens is 356 g/mol. The molecule has 3 aliphatic heterocycles. The predicted molar refractivity (Wildman–Crippen MR) is 104 cm³/mol. The Morgan fingerprint density at radius 1 is 1.25 bits per heavy atom. The Hall–Kier alpha value is -2.25. The summed E-state index contributed by atoms with van der Waals surface area (Å²) in [7, 11) is 0. The van der Waals surface area contributed by atoms with Gasteiger partial charge in [-0.3, -0.25) is 19.7 Å². The third-order valence-corrected chi connectivity index (χ3v) is 5.98. The second kappa shape index (κ2) is 7.29. The van der Waals surface area contributed by atoms with Gasteiger partial charge in [0.2, 0.25) is 11.8 Å². The van der Waals surface area contributed by atoms with Crippen LogP contribution in [0.4, 0.5) is 0 Å². The molecule has 2 atom stereocenters. The van der Waals surface area contributed by atoms with Crippen molar-refractivity contribution >= 4 is 17.7 Å². The van der Waals surface area contributed by atoms with E-state index in [2.05, 4.69) is 35.9 Å². The monoisotopic (exact) mass is 384 g/mol. The number of carbonyl (C=O) groups excluding carboxylic acids is 3. The maximum absolute atomic E-state index is 12.7. The molecule has 0 radical (unpaired) electrons. The molecule has 28 heavy (non-hydrogen) atoms. The Bertz CT molecular complexity index is 820. The van der Waals surface area contributed by atoms with Crippen LogP contribution in [0.5, 0.6) is 0 Å². The van der Waals surface area contributed by atoms with Gasteiger partial charge in [-0.2, -0.15) is 0 Å². The number of nitrogens with zero attached hydrogens (tertiary/aromatic N) is 1. The Morgan fingerprint density at radius 2 is 2.07 bits per heavy atom. The van der Waals surface area contributed by atoms with E-state index in [-0.39, 0.29) is 24.1 Å². The van der Waals surface area contributed by atoms with E-state index in [1.165, 1.54) is 6.42 Å². The first-order valence-electron chi connectivity index (χ1n) is 10.0. The van der Waals surface area contributed by atoms with Crippen LogP contribution < -0.4 is 16.0 Å². The average Bonchev–Trinajstić information content (AvgIpc) is 3.14. The van der Waals surface area contributed by atoms with Gasteiger partial charge < -0.3 is 15.5 Å². The number of imide groups is 1. The van der Waals surface area contributed by atoms with E-state index >= 15 is 0 Å². The van der Waals surface area contributed by atoms with Gasteiger partial charge >= 0.3 is 0 Å². The summed E-state index contributed by atoms with van der Waals surface area (Å²) < 4.78 is 0. The summed E-state index contributed by atoms with van der Waals surface area (Å²) in [6.45, 7) is 7.71. The van der Waals surface area contributed by atoms with Crippen molar-refractivity contribution in [1.29, 1.82) is 0 Å². The molecule has 150 valence electrons. The smallest absolute Gasteiger partial charge is 0.255 e. The summed E-state index contributed by atoms with van der Waals surface area (Å²) in [6.07, 6.45) is 1.83. The van der Waals surface area contributed by atoms with Crippen LogP contribution in [-0.4, -0.2) is 47.8 Å². The second-order valence-electron chi connectivity index (χ2n) is 8.97. The zero-order valence-corrected chi connectivity index (χ0v) is 16.5. The molecule has 4 rings (SSSR count). The number of carbonyl (C=O) groups is 3. The van der Waals surface area contributed by atoms with Crippen molar-refractivity contribution in [1.82, 2.24) is 20.9 Å². The van der Waals surface area contributed by atoms with Crippen molar-refractivity contribution in [3.8, 4) is 0 Å². The molecule has 7 heteroatoms. The number of rotatable bonds is 5. The molecule has 0 aliphatic carbocycles. The first-order chi connectivity index (χ1) is 13.3. The van der Waals surface area contributed by atoms with Gasteiger partial charge in [-0.15, -0.1) is 0 Å². The van der Waals surface area contributed by atoms with E-state index in [0.717, 1.165) is 30.8 Å². The highest BCUT2D eigenvalue weighted by atomic mass is 16.2. The number of benzene rings is 1. The summed E-state index contributed by atoms with van der Waals surface area (Å²) >= 11 is 0. The number of nitrogens with one attached hydrogen (secondary N) is 3. The van der Waals surface area contributed by atoms with Crippen molar-refractivity contribution in [2.24, 2.45) is 5.41 Å².